The van der Waals surface area contributed by atoms with E-state index >= 15 is 0 Å². The van der Waals surface area contributed by atoms with Crippen LogP contribution in [0.5, 0.6) is 0 Å². The maximum atomic E-state index is 10.4. The topological polar surface area (TPSA) is 49.3 Å². The van der Waals surface area contributed by atoms with E-state index in [2.05, 4.69) is 11.4 Å². The fourth-order valence-corrected chi connectivity index (χ4v) is 1.63. The first-order valence-electron chi connectivity index (χ1n) is 5.33. The van der Waals surface area contributed by atoms with Gasteiger partial charge in [-0.2, -0.15) is 0 Å². The van der Waals surface area contributed by atoms with Crippen LogP contribution >= 0.6 is 0 Å². The lowest BCUT2D eigenvalue weighted by Gasteiger charge is -2.11. The van der Waals surface area contributed by atoms with Crippen molar-refractivity contribution in [3.05, 3.63) is 41.5 Å². The van der Waals surface area contributed by atoms with Crippen LogP contribution in [0.2, 0.25) is 0 Å². The lowest BCUT2D eigenvalue weighted by molar-refractivity contribution is 0.190. The first-order chi connectivity index (χ1) is 7.61. The minimum Gasteiger partial charge on any atom is -0.465 e. The summed E-state index contributed by atoms with van der Waals surface area (Å²) in [6, 6.07) is 8.02. The summed E-state index contributed by atoms with van der Waals surface area (Å²) in [5, 5.41) is 11.0. The van der Waals surface area contributed by atoms with Crippen molar-refractivity contribution in [1.82, 2.24) is 5.32 Å². The van der Waals surface area contributed by atoms with E-state index in [0.717, 1.165) is 11.1 Å². The number of rotatable bonds is 4. The predicted octanol–water partition coefficient (Wildman–Crippen LogP) is 2.92. The quantitative estimate of drug-likeness (QED) is 0.818. The van der Waals surface area contributed by atoms with E-state index in [4.69, 9.17) is 5.11 Å². The maximum Gasteiger partial charge on any atom is 0.404 e. The zero-order chi connectivity index (χ0) is 12.0. The first kappa shape index (κ1) is 12.3. The third kappa shape index (κ3) is 4.17. The Bertz CT molecular complexity index is 385. The van der Waals surface area contributed by atoms with Crippen molar-refractivity contribution in [3.63, 3.8) is 0 Å². The van der Waals surface area contributed by atoms with Crippen molar-refractivity contribution < 1.29 is 9.90 Å². The molecular weight excluding hydrogens is 202 g/mol. The first-order valence-corrected chi connectivity index (χ1v) is 5.33. The van der Waals surface area contributed by atoms with E-state index in [1.165, 1.54) is 0 Å². The fraction of sp³-hybridized carbons (Fsp3) is 0.308. The number of hydrogen-bond donors (Lipinski definition) is 2. The Labute approximate surface area is 95.8 Å². The highest BCUT2D eigenvalue weighted by Crippen LogP contribution is 2.09. The molecule has 0 saturated heterocycles. The Hall–Kier alpha value is -1.77. The van der Waals surface area contributed by atoms with Gasteiger partial charge in [0, 0.05) is 6.04 Å². The third-order valence-electron chi connectivity index (χ3n) is 2.22. The Morgan fingerprint density at radius 3 is 2.94 bits per heavy atom. The van der Waals surface area contributed by atoms with E-state index in [0.29, 0.717) is 6.42 Å². The van der Waals surface area contributed by atoms with E-state index < -0.39 is 6.09 Å². The van der Waals surface area contributed by atoms with Gasteiger partial charge in [-0.1, -0.05) is 36.4 Å². The number of allylic oxidation sites excluding steroid dienone is 1. The van der Waals surface area contributed by atoms with Crippen molar-refractivity contribution in [2.45, 2.75) is 26.3 Å². The van der Waals surface area contributed by atoms with Gasteiger partial charge in [0.1, 0.15) is 0 Å². The van der Waals surface area contributed by atoms with Gasteiger partial charge in [0.2, 0.25) is 0 Å². The van der Waals surface area contributed by atoms with Crippen LogP contribution in [0.1, 0.15) is 25.0 Å². The zero-order valence-corrected chi connectivity index (χ0v) is 9.60. The molecule has 1 atom stereocenters. The molecule has 1 aromatic carbocycles. The molecule has 0 unspecified atom stereocenters. The van der Waals surface area contributed by atoms with Crippen LogP contribution in [-0.2, 0) is 6.42 Å². The smallest absolute Gasteiger partial charge is 0.404 e. The van der Waals surface area contributed by atoms with Crippen molar-refractivity contribution >= 4 is 12.2 Å². The monoisotopic (exact) mass is 219 g/mol. The molecule has 1 rings (SSSR count). The number of benzene rings is 1. The third-order valence-corrected chi connectivity index (χ3v) is 2.22. The molecular formula is C13H17NO2. The summed E-state index contributed by atoms with van der Waals surface area (Å²) in [4.78, 5) is 10.4. The summed E-state index contributed by atoms with van der Waals surface area (Å²) >= 11 is 0. The minimum atomic E-state index is -0.975. The molecule has 16 heavy (non-hydrogen) atoms. The number of nitrogens with one attached hydrogen (secondary N) is 1. The highest BCUT2D eigenvalue weighted by atomic mass is 16.4. The van der Waals surface area contributed by atoms with Gasteiger partial charge in [-0.05, 0) is 31.4 Å². The van der Waals surface area contributed by atoms with Crippen LogP contribution < -0.4 is 5.32 Å². The van der Waals surface area contributed by atoms with Crippen molar-refractivity contribution in [1.29, 1.82) is 0 Å². The summed E-state index contributed by atoms with van der Waals surface area (Å²) < 4.78 is 0. The Morgan fingerprint density at radius 2 is 2.31 bits per heavy atom. The van der Waals surface area contributed by atoms with Crippen LogP contribution in [0.25, 0.3) is 6.08 Å². The van der Waals surface area contributed by atoms with Gasteiger partial charge in [0.25, 0.3) is 0 Å². The van der Waals surface area contributed by atoms with Crippen LogP contribution in [-0.4, -0.2) is 17.2 Å². The molecule has 1 amide bonds. The molecule has 0 heterocycles. The molecule has 0 saturated carbocycles. The average molecular weight is 219 g/mol. The molecule has 0 aromatic heterocycles. The van der Waals surface area contributed by atoms with E-state index in [1.54, 1.807) is 0 Å². The Balaban J connectivity index is 2.66. The molecule has 0 spiro atoms. The van der Waals surface area contributed by atoms with Crippen molar-refractivity contribution in [2.75, 3.05) is 0 Å². The molecule has 2 N–H and O–H groups in total. The summed E-state index contributed by atoms with van der Waals surface area (Å²) in [5.74, 6) is 0. The van der Waals surface area contributed by atoms with E-state index in [-0.39, 0.29) is 6.04 Å². The normalized spacial score (nSPS) is 12.6. The molecule has 1 aromatic rings. The summed E-state index contributed by atoms with van der Waals surface area (Å²) in [6.07, 6.45) is 3.74. The number of amides is 1. The van der Waals surface area contributed by atoms with Gasteiger partial charge >= 0.3 is 6.09 Å². The Kier molecular flexibility index (Phi) is 4.58. The molecule has 0 radical (unpaired) electrons. The largest absolute Gasteiger partial charge is 0.465 e. The van der Waals surface area contributed by atoms with Crippen LogP contribution in [0.3, 0.4) is 0 Å². The lowest BCUT2D eigenvalue weighted by Crippen LogP contribution is -2.32. The summed E-state index contributed by atoms with van der Waals surface area (Å²) in [6.45, 7) is 3.83. The molecule has 3 nitrogen and oxygen atoms in total. The second-order valence-corrected chi connectivity index (χ2v) is 3.80. The molecule has 0 aliphatic carbocycles. The summed E-state index contributed by atoms with van der Waals surface area (Å²) in [5.41, 5.74) is 2.28. The SMILES string of the molecule is C/C=C/c1cccc(C[C@H](C)NC(=O)O)c1. The van der Waals surface area contributed by atoms with Crippen molar-refractivity contribution in [3.8, 4) is 0 Å². The maximum absolute atomic E-state index is 10.4. The minimum absolute atomic E-state index is 0.0710. The second kappa shape index (κ2) is 5.95. The van der Waals surface area contributed by atoms with Gasteiger partial charge in [-0.3, -0.25) is 0 Å². The molecule has 86 valence electrons. The van der Waals surface area contributed by atoms with E-state index in [1.807, 2.05) is 44.2 Å². The average Bonchev–Trinajstić information content (AvgIpc) is 2.17. The van der Waals surface area contributed by atoms with Gasteiger partial charge < -0.3 is 10.4 Å². The lowest BCUT2D eigenvalue weighted by atomic mass is 10.0. The molecule has 0 fully saturated rings. The highest BCUT2D eigenvalue weighted by Gasteiger charge is 2.05. The van der Waals surface area contributed by atoms with Gasteiger partial charge in [-0.15, -0.1) is 0 Å². The number of carboxylic acid groups (broad SMARTS) is 1. The fourth-order valence-electron chi connectivity index (χ4n) is 1.63. The highest BCUT2D eigenvalue weighted by molar-refractivity contribution is 5.64. The van der Waals surface area contributed by atoms with Gasteiger partial charge in [0.05, 0.1) is 0 Å². The number of hydrogen-bond acceptors (Lipinski definition) is 1. The number of carbonyl (C=O) groups is 1. The van der Waals surface area contributed by atoms with Crippen molar-refractivity contribution in [2.24, 2.45) is 0 Å². The van der Waals surface area contributed by atoms with Gasteiger partial charge in [-0.25, -0.2) is 4.79 Å². The molecule has 3 heteroatoms. The van der Waals surface area contributed by atoms with Crippen LogP contribution in [0, 0.1) is 0 Å². The van der Waals surface area contributed by atoms with Crippen LogP contribution in [0.15, 0.2) is 30.3 Å². The zero-order valence-electron chi connectivity index (χ0n) is 9.60. The summed E-state index contributed by atoms with van der Waals surface area (Å²) in [7, 11) is 0. The second-order valence-electron chi connectivity index (χ2n) is 3.80. The predicted molar refractivity (Wildman–Crippen MR) is 65.5 cm³/mol. The Morgan fingerprint density at radius 1 is 1.56 bits per heavy atom. The standard InChI is InChI=1S/C13H17NO2/c1-3-5-11-6-4-7-12(9-11)8-10(2)14-13(15)16/h3-7,9-10,14H,8H2,1-2H3,(H,15,16)/b5-3+/t10-/m0/s1. The van der Waals surface area contributed by atoms with E-state index in [9.17, 15) is 4.79 Å². The van der Waals surface area contributed by atoms with Crippen LogP contribution in [0.4, 0.5) is 4.79 Å². The molecule has 0 aliphatic rings. The molecule has 0 aliphatic heterocycles. The van der Waals surface area contributed by atoms with Gasteiger partial charge in [0.15, 0.2) is 0 Å². The molecule has 0 bridgehead atoms.